The third-order valence-electron chi connectivity index (χ3n) is 1.82. The molecule has 0 fully saturated rings. The summed E-state index contributed by atoms with van der Waals surface area (Å²) in [5, 5.41) is 8.34. The van der Waals surface area contributed by atoms with Crippen LogP contribution in [0.3, 0.4) is 0 Å². The van der Waals surface area contributed by atoms with E-state index in [2.05, 4.69) is 0 Å². The average Bonchev–Trinajstić information content (AvgIpc) is 2.16. The molecule has 0 spiro atoms. The molecule has 0 bridgehead atoms. The smallest absolute Gasteiger partial charge is 0.416 e. The van der Waals surface area contributed by atoms with E-state index in [1.54, 1.807) is 0 Å². The first-order valence-electron chi connectivity index (χ1n) is 4.45. The van der Waals surface area contributed by atoms with Crippen LogP contribution in [0.4, 0.5) is 13.2 Å². The van der Waals surface area contributed by atoms with Crippen molar-refractivity contribution in [2.45, 2.75) is 12.6 Å². The minimum Gasteiger partial charge on any atom is -0.481 e. The molecule has 0 radical (unpaired) electrons. The van der Waals surface area contributed by atoms with Gasteiger partial charge in [-0.3, -0.25) is 4.79 Å². The van der Waals surface area contributed by atoms with E-state index in [0.29, 0.717) is 5.56 Å². The first-order chi connectivity index (χ1) is 7.39. The maximum Gasteiger partial charge on any atom is 0.416 e. The van der Waals surface area contributed by atoms with Crippen molar-refractivity contribution in [3.05, 3.63) is 41.5 Å². The fourth-order valence-corrected chi connectivity index (χ4v) is 1.11. The summed E-state index contributed by atoms with van der Waals surface area (Å²) in [4.78, 5) is 10.2. The fraction of sp³-hybridized carbons (Fsp3) is 0.182. The van der Waals surface area contributed by atoms with Crippen LogP contribution < -0.4 is 0 Å². The molecule has 0 aliphatic carbocycles. The maximum absolute atomic E-state index is 12.3. The zero-order valence-electron chi connectivity index (χ0n) is 8.16. The van der Waals surface area contributed by atoms with Gasteiger partial charge in [0, 0.05) is 0 Å². The molecular formula is C11H9F3O2. The molecule has 0 unspecified atom stereocenters. The summed E-state index contributed by atoms with van der Waals surface area (Å²) in [6.45, 7) is 0. The standard InChI is InChI=1S/C11H9F3O2/c12-11(13,14)9-5-1-3-8(7-9)4-2-6-10(15)16/h1-5,7H,6H2,(H,15,16)/b4-2-. The number of halogens is 3. The Morgan fingerprint density at radius 1 is 1.38 bits per heavy atom. The quantitative estimate of drug-likeness (QED) is 0.865. The normalized spacial score (nSPS) is 11.9. The summed E-state index contributed by atoms with van der Waals surface area (Å²) in [6.07, 6.45) is -1.94. The number of benzene rings is 1. The largest absolute Gasteiger partial charge is 0.481 e. The SMILES string of the molecule is O=C(O)C/C=C\c1cccc(C(F)(F)F)c1. The van der Waals surface area contributed by atoms with Crippen LogP contribution in [0.15, 0.2) is 30.3 Å². The molecule has 2 nitrogen and oxygen atoms in total. The third kappa shape index (κ3) is 3.76. The summed E-state index contributed by atoms with van der Waals surface area (Å²) in [5.41, 5.74) is -0.416. The molecular weight excluding hydrogens is 221 g/mol. The van der Waals surface area contributed by atoms with Gasteiger partial charge in [-0.2, -0.15) is 13.2 Å². The van der Waals surface area contributed by atoms with Gasteiger partial charge >= 0.3 is 12.1 Å². The van der Waals surface area contributed by atoms with E-state index in [1.165, 1.54) is 24.3 Å². The van der Waals surface area contributed by atoms with Crippen LogP contribution in [0.25, 0.3) is 6.08 Å². The Morgan fingerprint density at radius 2 is 2.06 bits per heavy atom. The van der Waals surface area contributed by atoms with Crippen LogP contribution in [-0.4, -0.2) is 11.1 Å². The summed E-state index contributed by atoms with van der Waals surface area (Å²) in [7, 11) is 0. The zero-order chi connectivity index (χ0) is 12.2. The Morgan fingerprint density at radius 3 is 2.62 bits per heavy atom. The zero-order valence-corrected chi connectivity index (χ0v) is 8.16. The molecule has 0 aliphatic rings. The number of carbonyl (C=O) groups is 1. The molecule has 0 aromatic heterocycles. The van der Waals surface area contributed by atoms with Gasteiger partial charge in [0.25, 0.3) is 0 Å². The van der Waals surface area contributed by atoms with Crippen LogP contribution in [0.5, 0.6) is 0 Å². The number of carboxylic acid groups (broad SMARTS) is 1. The van der Waals surface area contributed by atoms with Crippen molar-refractivity contribution in [2.75, 3.05) is 0 Å². The van der Waals surface area contributed by atoms with Gasteiger partial charge < -0.3 is 5.11 Å². The predicted molar refractivity (Wildman–Crippen MR) is 52.7 cm³/mol. The van der Waals surface area contributed by atoms with Crippen molar-refractivity contribution in [2.24, 2.45) is 0 Å². The molecule has 16 heavy (non-hydrogen) atoms. The van der Waals surface area contributed by atoms with Gasteiger partial charge in [0.05, 0.1) is 12.0 Å². The van der Waals surface area contributed by atoms with Crippen LogP contribution >= 0.6 is 0 Å². The van der Waals surface area contributed by atoms with Gasteiger partial charge in [-0.1, -0.05) is 24.3 Å². The van der Waals surface area contributed by atoms with E-state index in [1.807, 2.05) is 0 Å². The number of alkyl halides is 3. The summed E-state index contributed by atoms with van der Waals surface area (Å²) in [5.74, 6) is -1.02. The van der Waals surface area contributed by atoms with Crippen molar-refractivity contribution in [3.63, 3.8) is 0 Å². The number of hydrogen-bond donors (Lipinski definition) is 1. The monoisotopic (exact) mass is 230 g/mol. The molecule has 0 saturated heterocycles. The van der Waals surface area contributed by atoms with Crippen LogP contribution in [0.2, 0.25) is 0 Å². The van der Waals surface area contributed by atoms with Crippen LogP contribution in [0, 0.1) is 0 Å². The van der Waals surface area contributed by atoms with Gasteiger partial charge in [-0.25, -0.2) is 0 Å². The van der Waals surface area contributed by atoms with Gasteiger partial charge in [0.1, 0.15) is 0 Å². The number of hydrogen-bond acceptors (Lipinski definition) is 1. The molecule has 0 saturated carbocycles. The fourth-order valence-electron chi connectivity index (χ4n) is 1.11. The summed E-state index contributed by atoms with van der Waals surface area (Å²) in [6, 6.07) is 4.70. The van der Waals surface area contributed by atoms with Crippen LogP contribution in [0.1, 0.15) is 17.5 Å². The lowest BCUT2D eigenvalue weighted by molar-refractivity contribution is -0.138. The minimum atomic E-state index is -4.38. The highest BCUT2D eigenvalue weighted by Gasteiger charge is 2.30. The van der Waals surface area contributed by atoms with E-state index in [0.717, 1.165) is 12.1 Å². The minimum absolute atomic E-state index is 0.212. The van der Waals surface area contributed by atoms with Gasteiger partial charge in [0.15, 0.2) is 0 Å². The Hall–Kier alpha value is -1.78. The molecule has 0 heterocycles. The number of carboxylic acids is 1. The topological polar surface area (TPSA) is 37.3 Å². The first-order valence-corrected chi connectivity index (χ1v) is 4.45. The van der Waals surface area contributed by atoms with E-state index in [-0.39, 0.29) is 6.42 Å². The second kappa shape index (κ2) is 4.83. The molecule has 86 valence electrons. The van der Waals surface area contributed by atoms with E-state index in [9.17, 15) is 18.0 Å². The molecule has 0 atom stereocenters. The van der Waals surface area contributed by atoms with Gasteiger partial charge in [-0.05, 0) is 17.7 Å². The Labute approximate surface area is 90.0 Å². The molecule has 5 heteroatoms. The molecule has 1 N–H and O–H groups in total. The van der Waals surface area contributed by atoms with E-state index >= 15 is 0 Å². The predicted octanol–water partition coefficient (Wildman–Crippen LogP) is 3.19. The molecule has 1 aromatic carbocycles. The summed E-state index contributed by atoms with van der Waals surface area (Å²) < 4.78 is 36.9. The molecule has 0 aliphatic heterocycles. The second-order valence-electron chi connectivity index (χ2n) is 3.12. The lowest BCUT2D eigenvalue weighted by Crippen LogP contribution is -2.04. The maximum atomic E-state index is 12.3. The lowest BCUT2D eigenvalue weighted by atomic mass is 10.1. The van der Waals surface area contributed by atoms with Crippen molar-refractivity contribution in [3.8, 4) is 0 Å². The van der Waals surface area contributed by atoms with Crippen molar-refractivity contribution in [1.29, 1.82) is 0 Å². The Kier molecular flexibility index (Phi) is 3.71. The first kappa shape index (κ1) is 12.3. The van der Waals surface area contributed by atoms with E-state index in [4.69, 9.17) is 5.11 Å². The highest BCUT2D eigenvalue weighted by molar-refractivity contribution is 5.70. The average molecular weight is 230 g/mol. The van der Waals surface area contributed by atoms with Gasteiger partial charge in [-0.15, -0.1) is 0 Å². The molecule has 1 rings (SSSR count). The van der Waals surface area contributed by atoms with Crippen molar-refractivity contribution in [1.82, 2.24) is 0 Å². The number of rotatable bonds is 3. The molecule has 1 aromatic rings. The highest BCUT2D eigenvalue weighted by Crippen LogP contribution is 2.29. The number of aliphatic carboxylic acids is 1. The van der Waals surface area contributed by atoms with E-state index < -0.39 is 17.7 Å². The molecule has 0 amide bonds. The second-order valence-corrected chi connectivity index (χ2v) is 3.12. The van der Waals surface area contributed by atoms with Crippen molar-refractivity contribution >= 4 is 12.0 Å². The third-order valence-corrected chi connectivity index (χ3v) is 1.82. The van der Waals surface area contributed by atoms with Crippen LogP contribution in [-0.2, 0) is 11.0 Å². The lowest BCUT2D eigenvalue weighted by Gasteiger charge is -2.06. The highest BCUT2D eigenvalue weighted by atomic mass is 19.4. The van der Waals surface area contributed by atoms with Crippen molar-refractivity contribution < 1.29 is 23.1 Å². The Balaban J connectivity index is 2.83. The Bertz CT molecular complexity index is 408. The summed E-state index contributed by atoms with van der Waals surface area (Å²) >= 11 is 0. The van der Waals surface area contributed by atoms with Gasteiger partial charge in [0.2, 0.25) is 0 Å².